The van der Waals surface area contributed by atoms with Gasteiger partial charge in [-0.15, -0.1) is 24.0 Å². The van der Waals surface area contributed by atoms with Crippen LogP contribution >= 0.6 is 24.0 Å². The van der Waals surface area contributed by atoms with Gasteiger partial charge in [0, 0.05) is 20.1 Å². The van der Waals surface area contributed by atoms with Gasteiger partial charge >= 0.3 is 0 Å². The van der Waals surface area contributed by atoms with Gasteiger partial charge in [0.25, 0.3) is 0 Å². The fourth-order valence-corrected chi connectivity index (χ4v) is 2.98. The standard InChI is InChI=1S/C22H32N4O.HI/c1-23-22(24-16-8-11-18-9-6-5-7-10-18)25-17-21(26(2)3)19-12-14-20(27-4)15-13-19;/h5-7,9-10,12-15,21H,8,11,16-17H2,1-4H3,(H2,23,24,25);1H. The Hall–Kier alpha value is -1.80. The van der Waals surface area contributed by atoms with E-state index in [0.29, 0.717) is 0 Å². The molecule has 154 valence electrons. The third-order valence-electron chi connectivity index (χ3n) is 4.59. The lowest BCUT2D eigenvalue weighted by Crippen LogP contribution is -2.42. The lowest BCUT2D eigenvalue weighted by Gasteiger charge is -2.26. The smallest absolute Gasteiger partial charge is 0.191 e. The van der Waals surface area contributed by atoms with Gasteiger partial charge in [0.1, 0.15) is 5.75 Å². The van der Waals surface area contributed by atoms with Gasteiger partial charge in [-0.25, -0.2) is 0 Å². The maximum Gasteiger partial charge on any atom is 0.191 e. The number of likely N-dealkylation sites (N-methyl/N-ethyl adjacent to an activating group) is 1. The second-order valence-electron chi connectivity index (χ2n) is 6.72. The second-order valence-corrected chi connectivity index (χ2v) is 6.72. The zero-order chi connectivity index (χ0) is 19.5. The summed E-state index contributed by atoms with van der Waals surface area (Å²) >= 11 is 0. The minimum atomic E-state index is 0. The minimum absolute atomic E-state index is 0. The van der Waals surface area contributed by atoms with Crippen molar-refractivity contribution in [3.8, 4) is 5.75 Å². The maximum absolute atomic E-state index is 5.25. The summed E-state index contributed by atoms with van der Waals surface area (Å²) < 4.78 is 5.25. The number of benzene rings is 2. The van der Waals surface area contributed by atoms with Gasteiger partial charge in [0.15, 0.2) is 5.96 Å². The Labute approximate surface area is 186 Å². The number of hydrogen-bond acceptors (Lipinski definition) is 3. The summed E-state index contributed by atoms with van der Waals surface area (Å²) in [6.45, 7) is 1.67. The third-order valence-corrected chi connectivity index (χ3v) is 4.59. The zero-order valence-electron chi connectivity index (χ0n) is 17.3. The number of ether oxygens (including phenoxy) is 1. The first kappa shape index (κ1) is 24.2. The Kier molecular flexibility index (Phi) is 11.6. The first-order valence-corrected chi connectivity index (χ1v) is 9.43. The molecule has 0 saturated heterocycles. The van der Waals surface area contributed by atoms with Crippen LogP contribution in [0.25, 0.3) is 0 Å². The van der Waals surface area contributed by atoms with Crippen molar-refractivity contribution >= 4 is 29.9 Å². The Morgan fingerprint density at radius 1 is 1.04 bits per heavy atom. The number of nitrogens with one attached hydrogen (secondary N) is 2. The SMILES string of the molecule is CN=C(NCCCc1ccccc1)NCC(c1ccc(OC)cc1)N(C)C.I. The van der Waals surface area contributed by atoms with E-state index in [1.807, 2.05) is 19.2 Å². The maximum atomic E-state index is 5.25. The average molecular weight is 496 g/mol. The molecule has 6 heteroatoms. The predicted molar refractivity (Wildman–Crippen MR) is 129 cm³/mol. The van der Waals surface area contributed by atoms with E-state index in [4.69, 9.17) is 4.74 Å². The molecule has 1 unspecified atom stereocenters. The summed E-state index contributed by atoms with van der Waals surface area (Å²) in [7, 11) is 7.68. The third kappa shape index (κ3) is 8.06. The van der Waals surface area contributed by atoms with E-state index in [1.165, 1.54) is 11.1 Å². The van der Waals surface area contributed by atoms with Gasteiger partial charge in [-0.05, 0) is 50.2 Å². The number of methoxy groups -OCH3 is 1. The molecule has 2 rings (SSSR count). The molecule has 28 heavy (non-hydrogen) atoms. The van der Waals surface area contributed by atoms with Gasteiger partial charge < -0.3 is 20.3 Å². The van der Waals surface area contributed by atoms with Crippen LogP contribution in [0.3, 0.4) is 0 Å². The van der Waals surface area contributed by atoms with Crippen LogP contribution in [0.2, 0.25) is 0 Å². The molecule has 0 aromatic heterocycles. The summed E-state index contributed by atoms with van der Waals surface area (Å²) in [5.41, 5.74) is 2.61. The molecular weight excluding hydrogens is 463 g/mol. The van der Waals surface area contributed by atoms with Crippen molar-refractivity contribution in [1.29, 1.82) is 0 Å². The summed E-state index contributed by atoms with van der Waals surface area (Å²) in [4.78, 5) is 6.55. The van der Waals surface area contributed by atoms with Gasteiger partial charge in [-0.1, -0.05) is 42.5 Å². The number of hydrogen-bond donors (Lipinski definition) is 2. The van der Waals surface area contributed by atoms with E-state index < -0.39 is 0 Å². The quantitative estimate of drug-likeness (QED) is 0.241. The zero-order valence-corrected chi connectivity index (χ0v) is 19.6. The van der Waals surface area contributed by atoms with Crippen molar-refractivity contribution < 1.29 is 4.74 Å². The number of aryl methyl sites for hydroxylation is 1. The molecule has 0 radical (unpaired) electrons. The normalized spacial score (nSPS) is 12.2. The molecule has 0 spiro atoms. The number of aliphatic imine (C=N–C) groups is 1. The van der Waals surface area contributed by atoms with Crippen LogP contribution in [0, 0.1) is 0 Å². The van der Waals surface area contributed by atoms with Crippen LogP contribution in [0.5, 0.6) is 5.75 Å². The highest BCUT2D eigenvalue weighted by Gasteiger charge is 2.14. The van der Waals surface area contributed by atoms with Crippen LogP contribution in [0.15, 0.2) is 59.6 Å². The molecule has 0 heterocycles. The van der Waals surface area contributed by atoms with Gasteiger partial charge in [0.05, 0.1) is 13.2 Å². The lowest BCUT2D eigenvalue weighted by atomic mass is 10.1. The molecule has 5 nitrogen and oxygen atoms in total. The molecule has 0 fully saturated rings. The number of guanidine groups is 1. The molecule has 2 N–H and O–H groups in total. The molecule has 1 atom stereocenters. The number of nitrogens with zero attached hydrogens (tertiary/aromatic N) is 2. The van der Waals surface area contributed by atoms with E-state index in [2.05, 4.69) is 77.1 Å². The molecule has 2 aromatic rings. The molecular formula is C22H33IN4O. The fraction of sp³-hybridized carbons (Fsp3) is 0.409. The van der Waals surface area contributed by atoms with E-state index in [9.17, 15) is 0 Å². The van der Waals surface area contributed by atoms with E-state index in [1.54, 1.807) is 7.11 Å². The Bertz CT molecular complexity index is 689. The van der Waals surface area contributed by atoms with Gasteiger partial charge in [-0.3, -0.25) is 4.99 Å². The Morgan fingerprint density at radius 3 is 2.29 bits per heavy atom. The lowest BCUT2D eigenvalue weighted by molar-refractivity contribution is 0.298. The minimum Gasteiger partial charge on any atom is -0.497 e. The van der Waals surface area contributed by atoms with E-state index >= 15 is 0 Å². The van der Waals surface area contributed by atoms with Crippen molar-refractivity contribution in [3.05, 3.63) is 65.7 Å². The summed E-state index contributed by atoms with van der Waals surface area (Å²) in [6.07, 6.45) is 2.14. The van der Waals surface area contributed by atoms with Crippen molar-refractivity contribution in [3.63, 3.8) is 0 Å². The van der Waals surface area contributed by atoms with Crippen LogP contribution in [0.4, 0.5) is 0 Å². The van der Waals surface area contributed by atoms with Crippen LogP contribution in [-0.4, -0.2) is 52.2 Å². The molecule has 0 bridgehead atoms. The largest absolute Gasteiger partial charge is 0.497 e. The number of halogens is 1. The van der Waals surface area contributed by atoms with Crippen LogP contribution in [-0.2, 0) is 6.42 Å². The monoisotopic (exact) mass is 496 g/mol. The molecule has 0 aliphatic heterocycles. The summed E-state index contributed by atoms with van der Waals surface area (Å²) in [6, 6.07) is 19.0. The molecule has 0 aliphatic rings. The first-order chi connectivity index (χ1) is 13.1. The Balaban J connectivity index is 0.00000392. The summed E-state index contributed by atoms with van der Waals surface area (Å²) in [5, 5.41) is 6.85. The summed E-state index contributed by atoms with van der Waals surface area (Å²) in [5.74, 6) is 1.71. The predicted octanol–water partition coefficient (Wildman–Crippen LogP) is 3.71. The highest BCUT2D eigenvalue weighted by molar-refractivity contribution is 14.0. The highest BCUT2D eigenvalue weighted by atomic mass is 127. The van der Waals surface area contributed by atoms with Crippen molar-refractivity contribution in [1.82, 2.24) is 15.5 Å². The van der Waals surface area contributed by atoms with Crippen molar-refractivity contribution in [2.24, 2.45) is 4.99 Å². The highest BCUT2D eigenvalue weighted by Crippen LogP contribution is 2.20. The molecule has 0 amide bonds. The molecule has 2 aromatic carbocycles. The first-order valence-electron chi connectivity index (χ1n) is 9.43. The average Bonchev–Trinajstić information content (AvgIpc) is 2.70. The topological polar surface area (TPSA) is 48.9 Å². The Morgan fingerprint density at radius 2 is 1.71 bits per heavy atom. The number of rotatable bonds is 9. The fourth-order valence-electron chi connectivity index (χ4n) is 2.98. The van der Waals surface area contributed by atoms with Gasteiger partial charge in [-0.2, -0.15) is 0 Å². The van der Waals surface area contributed by atoms with E-state index in [0.717, 1.165) is 37.6 Å². The van der Waals surface area contributed by atoms with Crippen molar-refractivity contribution in [2.45, 2.75) is 18.9 Å². The van der Waals surface area contributed by atoms with Crippen LogP contribution < -0.4 is 15.4 Å². The molecule has 0 saturated carbocycles. The van der Waals surface area contributed by atoms with Crippen LogP contribution in [0.1, 0.15) is 23.6 Å². The molecule has 0 aliphatic carbocycles. The second kappa shape index (κ2) is 13.4. The van der Waals surface area contributed by atoms with Gasteiger partial charge in [0.2, 0.25) is 0 Å². The van der Waals surface area contributed by atoms with E-state index in [-0.39, 0.29) is 30.0 Å². The van der Waals surface area contributed by atoms with Crippen molar-refractivity contribution in [2.75, 3.05) is 41.3 Å².